The second-order valence-electron chi connectivity index (χ2n) is 6.14. The maximum absolute atomic E-state index is 12.5. The van der Waals surface area contributed by atoms with E-state index in [1.165, 1.54) is 0 Å². The molecule has 0 aliphatic carbocycles. The topological polar surface area (TPSA) is 50.8 Å². The van der Waals surface area contributed by atoms with Crippen LogP contribution in [-0.2, 0) is 14.3 Å². The summed E-state index contributed by atoms with van der Waals surface area (Å²) in [5, 5.41) is 3.50. The molecule has 0 saturated carbocycles. The first-order valence-electron chi connectivity index (χ1n) is 8.23. The maximum Gasteiger partial charge on any atom is 0.241 e. The number of rotatable bonds is 11. The van der Waals surface area contributed by atoms with E-state index in [0.29, 0.717) is 25.7 Å². The molecular formula is C16H32N2O3. The molecule has 5 heteroatoms. The van der Waals surface area contributed by atoms with E-state index in [0.717, 1.165) is 32.2 Å². The minimum Gasteiger partial charge on any atom is -0.382 e. The van der Waals surface area contributed by atoms with Crippen LogP contribution in [0.5, 0.6) is 0 Å². The van der Waals surface area contributed by atoms with Gasteiger partial charge in [0.15, 0.2) is 0 Å². The first-order chi connectivity index (χ1) is 10.1. The van der Waals surface area contributed by atoms with Gasteiger partial charge < -0.3 is 14.4 Å². The number of carbonyl (C=O) groups is 1. The molecule has 1 fully saturated rings. The summed E-state index contributed by atoms with van der Waals surface area (Å²) in [5.74, 6) is 0.796. The van der Waals surface area contributed by atoms with Crippen molar-refractivity contribution in [1.82, 2.24) is 10.2 Å². The standard InChI is InChI=1S/C16H32N2O3/c1-5-7-15-17-14(12-13(2)3)16(19)18(15)8-6-9-21-11-10-20-4/h13-15,17H,5-12H2,1-4H3. The van der Waals surface area contributed by atoms with Gasteiger partial charge in [0, 0.05) is 20.3 Å². The quantitative estimate of drug-likeness (QED) is 0.593. The molecule has 1 amide bonds. The Balaban J connectivity index is 2.38. The van der Waals surface area contributed by atoms with E-state index in [9.17, 15) is 4.79 Å². The number of ether oxygens (including phenoxy) is 2. The lowest BCUT2D eigenvalue weighted by Gasteiger charge is -2.23. The van der Waals surface area contributed by atoms with E-state index in [1.807, 2.05) is 4.90 Å². The van der Waals surface area contributed by atoms with Gasteiger partial charge in [-0.25, -0.2) is 0 Å². The fraction of sp³-hybridized carbons (Fsp3) is 0.938. The van der Waals surface area contributed by atoms with Crippen LogP contribution in [0.4, 0.5) is 0 Å². The lowest BCUT2D eigenvalue weighted by Crippen LogP contribution is -2.38. The predicted molar refractivity (Wildman–Crippen MR) is 84.1 cm³/mol. The molecule has 2 unspecified atom stereocenters. The highest BCUT2D eigenvalue weighted by atomic mass is 16.5. The summed E-state index contributed by atoms with van der Waals surface area (Å²) in [7, 11) is 1.67. The molecule has 124 valence electrons. The van der Waals surface area contributed by atoms with Gasteiger partial charge in [0.05, 0.1) is 25.4 Å². The van der Waals surface area contributed by atoms with Gasteiger partial charge in [-0.1, -0.05) is 27.2 Å². The Morgan fingerprint density at radius 3 is 2.67 bits per heavy atom. The molecule has 0 aromatic heterocycles. The van der Waals surface area contributed by atoms with Crippen LogP contribution in [0.25, 0.3) is 0 Å². The van der Waals surface area contributed by atoms with E-state index in [1.54, 1.807) is 7.11 Å². The van der Waals surface area contributed by atoms with E-state index >= 15 is 0 Å². The van der Waals surface area contributed by atoms with Gasteiger partial charge in [0.25, 0.3) is 0 Å². The normalized spacial score (nSPS) is 22.5. The summed E-state index contributed by atoms with van der Waals surface area (Å²) in [6.07, 6.45) is 4.10. The SMILES string of the molecule is CCCC1NC(CC(C)C)C(=O)N1CCCOCCOC. The Morgan fingerprint density at radius 1 is 1.29 bits per heavy atom. The highest BCUT2D eigenvalue weighted by molar-refractivity contribution is 5.84. The zero-order valence-electron chi connectivity index (χ0n) is 14.1. The maximum atomic E-state index is 12.5. The molecule has 5 nitrogen and oxygen atoms in total. The fourth-order valence-electron chi connectivity index (χ4n) is 2.75. The third kappa shape index (κ3) is 6.32. The monoisotopic (exact) mass is 300 g/mol. The van der Waals surface area contributed by atoms with Crippen LogP contribution in [0.15, 0.2) is 0 Å². The fourth-order valence-corrected chi connectivity index (χ4v) is 2.75. The zero-order chi connectivity index (χ0) is 15.7. The molecule has 1 N–H and O–H groups in total. The van der Waals surface area contributed by atoms with Crippen LogP contribution < -0.4 is 5.32 Å². The molecule has 0 bridgehead atoms. The minimum atomic E-state index is -0.00374. The Morgan fingerprint density at radius 2 is 2.05 bits per heavy atom. The van der Waals surface area contributed by atoms with Crippen LogP contribution in [0, 0.1) is 5.92 Å². The number of hydrogen-bond donors (Lipinski definition) is 1. The van der Waals surface area contributed by atoms with E-state index < -0.39 is 0 Å². The smallest absolute Gasteiger partial charge is 0.241 e. The lowest BCUT2D eigenvalue weighted by molar-refractivity contribution is -0.130. The molecule has 0 aromatic carbocycles. The van der Waals surface area contributed by atoms with E-state index in [2.05, 4.69) is 26.1 Å². The summed E-state index contributed by atoms with van der Waals surface area (Å²) in [4.78, 5) is 14.5. The molecule has 1 saturated heterocycles. The molecular weight excluding hydrogens is 268 g/mol. The Kier molecular flexibility index (Phi) is 8.88. The van der Waals surface area contributed by atoms with Crippen LogP contribution in [0.2, 0.25) is 0 Å². The molecule has 1 rings (SSSR count). The van der Waals surface area contributed by atoms with Crippen molar-refractivity contribution in [1.29, 1.82) is 0 Å². The van der Waals surface area contributed by atoms with Gasteiger partial charge in [0.1, 0.15) is 0 Å². The van der Waals surface area contributed by atoms with Crippen molar-refractivity contribution in [2.24, 2.45) is 5.92 Å². The van der Waals surface area contributed by atoms with Crippen LogP contribution in [0.1, 0.15) is 46.5 Å². The molecule has 1 heterocycles. The Bertz CT molecular complexity index is 297. The van der Waals surface area contributed by atoms with Crippen LogP contribution in [-0.4, -0.2) is 56.5 Å². The van der Waals surface area contributed by atoms with Gasteiger partial charge >= 0.3 is 0 Å². The van der Waals surface area contributed by atoms with Crippen molar-refractivity contribution in [3.8, 4) is 0 Å². The van der Waals surface area contributed by atoms with Crippen molar-refractivity contribution in [2.75, 3.05) is 33.5 Å². The average molecular weight is 300 g/mol. The number of hydrogen-bond acceptors (Lipinski definition) is 4. The van der Waals surface area contributed by atoms with Crippen molar-refractivity contribution in [3.05, 3.63) is 0 Å². The number of amides is 1. The number of nitrogens with one attached hydrogen (secondary N) is 1. The summed E-state index contributed by atoms with van der Waals surface area (Å²) < 4.78 is 10.4. The lowest BCUT2D eigenvalue weighted by atomic mass is 10.0. The molecule has 0 spiro atoms. The Hall–Kier alpha value is -0.650. The average Bonchev–Trinajstić information content (AvgIpc) is 2.71. The predicted octanol–water partition coefficient (Wildman–Crippen LogP) is 2.01. The third-order valence-electron chi connectivity index (χ3n) is 3.74. The number of methoxy groups -OCH3 is 1. The third-order valence-corrected chi connectivity index (χ3v) is 3.74. The summed E-state index contributed by atoms with van der Waals surface area (Å²) >= 11 is 0. The number of nitrogens with zero attached hydrogens (tertiary/aromatic N) is 1. The van der Waals surface area contributed by atoms with Gasteiger partial charge in [-0.3, -0.25) is 10.1 Å². The molecule has 21 heavy (non-hydrogen) atoms. The highest BCUT2D eigenvalue weighted by Crippen LogP contribution is 2.20. The van der Waals surface area contributed by atoms with E-state index in [-0.39, 0.29) is 18.1 Å². The second kappa shape index (κ2) is 10.1. The first kappa shape index (κ1) is 18.4. The molecule has 1 aliphatic heterocycles. The van der Waals surface area contributed by atoms with Gasteiger partial charge in [-0.05, 0) is 25.2 Å². The van der Waals surface area contributed by atoms with Crippen molar-refractivity contribution in [3.63, 3.8) is 0 Å². The highest BCUT2D eigenvalue weighted by Gasteiger charge is 2.37. The summed E-state index contributed by atoms with van der Waals surface area (Å²) in [6, 6.07) is -0.00374. The summed E-state index contributed by atoms with van der Waals surface area (Å²) in [6.45, 7) is 9.19. The van der Waals surface area contributed by atoms with Crippen molar-refractivity contribution < 1.29 is 14.3 Å². The molecule has 1 aliphatic rings. The molecule has 0 radical (unpaired) electrons. The van der Waals surface area contributed by atoms with Gasteiger partial charge in [-0.2, -0.15) is 0 Å². The largest absolute Gasteiger partial charge is 0.382 e. The zero-order valence-corrected chi connectivity index (χ0v) is 14.1. The van der Waals surface area contributed by atoms with Crippen molar-refractivity contribution in [2.45, 2.75) is 58.7 Å². The van der Waals surface area contributed by atoms with Crippen LogP contribution in [0.3, 0.4) is 0 Å². The first-order valence-corrected chi connectivity index (χ1v) is 8.23. The van der Waals surface area contributed by atoms with Gasteiger partial charge in [0.2, 0.25) is 5.91 Å². The van der Waals surface area contributed by atoms with Crippen LogP contribution >= 0.6 is 0 Å². The number of carbonyl (C=O) groups excluding carboxylic acids is 1. The minimum absolute atomic E-state index is 0.00374. The van der Waals surface area contributed by atoms with E-state index in [4.69, 9.17) is 9.47 Å². The van der Waals surface area contributed by atoms with Crippen molar-refractivity contribution >= 4 is 5.91 Å². The Labute approximate surface area is 129 Å². The molecule has 0 aromatic rings. The second-order valence-corrected chi connectivity index (χ2v) is 6.14. The van der Waals surface area contributed by atoms with Gasteiger partial charge in [-0.15, -0.1) is 0 Å². The molecule has 2 atom stereocenters. The summed E-state index contributed by atoms with van der Waals surface area (Å²) in [5.41, 5.74) is 0.